The lowest BCUT2D eigenvalue weighted by atomic mass is 9.70. The Morgan fingerprint density at radius 3 is 2.27 bits per heavy atom. The standard InChI is InChI=1S/C23H29BrN2/c1-19(2)23(18-25,21-10-12-22(24)13-11-21)15-7-16-26(3)17-14-20-8-5-4-6-9-20/h4-6,8-13,19H,7,14-17H2,1-3H3. The molecular formula is C23H29BrN2. The van der Waals surface area contributed by atoms with E-state index in [0.29, 0.717) is 0 Å². The fraction of sp³-hybridized carbons (Fsp3) is 0.435. The van der Waals surface area contributed by atoms with Gasteiger partial charge in [0.25, 0.3) is 0 Å². The van der Waals surface area contributed by atoms with Crippen LogP contribution in [-0.4, -0.2) is 25.0 Å². The number of hydrogen-bond acceptors (Lipinski definition) is 2. The maximum Gasteiger partial charge on any atom is 0.0845 e. The molecule has 0 aliphatic rings. The van der Waals surface area contributed by atoms with Gasteiger partial charge >= 0.3 is 0 Å². The molecule has 0 aliphatic carbocycles. The highest BCUT2D eigenvalue weighted by molar-refractivity contribution is 9.10. The Kier molecular flexibility index (Phi) is 7.87. The normalized spacial score (nSPS) is 13.6. The average Bonchev–Trinajstić information content (AvgIpc) is 2.65. The maximum atomic E-state index is 10.0. The van der Waals surface area contributed by atoms with Gasteiger partial charge in [-0.15, -0.1) is 0 Å². The summed E-state index contributed by atoms with van der Waals surface area (Å²) in [5.74, 6) is 0.281. The summed E-state index contributed by atoms with van der Waals surface area (Å²) in [5.41, 5.74) is 2.09. The highest BCUT2D eigenvalue weighted by Gasteiger charge is 2.35. The minimum absolute atomic E-state index is 0.281. The largest absolute Gasteiger partial charge is 0.306 e. The molecular weight excluding hydrogens is 384 g/mol. The molecule has 0 aliphatic heterocycles. The Morgan fingerprint density at radius 2 is 1.69 bits per heavy atom. The zero-order valence-electron chi connectivity index (χ0n) is 16.1. The van der Waals surface area contributed by atoms with E-state index in [4.69, 9.17) is 0 Å². The van der Waals surface area contributed by atoms with Gasteiger partial charge in [0.1, 0.15) is 0 Å². The molecule has 0 fully saturated rings. The monoisotopic (exact) mass is 412 g/mol. The van der Waals surface area contributed by atoms with Gasteiger partial charge in [-0.25, -0.2) is 0 Å². The molecule has 2 aromatic carbocycles. The molecule has 0 bridgehead atoms. The van der Waals surface area contributed by atoms with Crippen molar-refractivity contribution in [3.8, 4) is 6.07 Å². The lowest BCUT2D eigenvalue weighted by Gasteiger charge is -2.32. The molecule has 0 heterocycles. The quantitative estimate of drug-likeness (QED) is 0.518. The van der Waals surface area contributed by atoms with Crippen LogP contribution in [0.5, 0.6) is 0 Å². The maximum absolute atomic E-state index is 10.0. The van der Waals surface area contributed by atoms with Gasteiger partial charge in [0, 0.05) is 11.0 Å². The van der Waals surface area contributed by atoms with E-state index in [2.05, 4.69) is 90.3 Å². The Labute approximate surface area is 167 Å². The van der Waals surface area contributed by atoms with Crippen molar-refractivity contribution < 1.29 is 0 Å². The van der Waals surface area contributed by atoms with Gasteiger partial charge in [-0.1, -0.05) is 72.2 Å². The fourth-order valence-corrected chi connectivity index (χ4v) is 3.73. The van der Waals surface area contributed by atoms with Crippen molar-refractivity contribution >= 4 is 15.9 Å². The van der Waals surface area contributed by atoms with Crippen LogP contribution in [0.2, 0.25) is 0 Å². The van der Waals surface area contributed by atoms with Crippen LogP contribution in [0.4, 0.5) is 0 Å². The van der Waals surface area contributed by atoms with E-state index in [-0.39, 0.29) is 5.92 Å². The Morgan fingerprint density at radius 1 is 1.04 bits per heavy atom. The van der Waals surface area contributed by atoms with Gasteiger partial charge in [0.15, 0.2) is 0 Å². The zero-order chi connectivity index (χ0) is 19.0. The molecule has 3 heteroatoms. The van der Waals surface area contributed by atoms with Gasteiger partial charge in [0.05, 0.1) is 11.5 Å². The summed E-state index contributed by atoms with van der Waals surface area (Å²) in [7, 11) is 2.17. The van der Waals surface area contributed by atoms with Gasteiger partial charge < -0.3 is 4.90 Å². The Balaban J connectivity index is 1.93. The smallest absolute Gasteiger partial charge is 0.0845 e. The minimum atomic E-state index is -0.416. The number of likely N-dealkylation sites (N-methyl/N-ethyl adjacent to an activating group) is 1. The molecule has 26 heavy (non-hydrogen) atoms. The van der Waals surface area contributed by atoms with Gasteiger partial charge in [-0.05, 0) is 62.0 Å². The van der Waals surface area contributed by atoms with E-state index >= 15 is 0 Å². The molecule has 0 N–H and O–H groups in total. The number of nitriles is 1. The van der Waals surface area contributed by atoms with Gasteiger partial charge in [0.2, 0.25) is 0 Å². The molecule has 2 rings (SSSR count). The highest BCUT2D eigenvalue weighted by Crippen LogP contribution is 2.37. The van der Waals surface area contributed by atoms with E-state index in [0.717, 1.165) is 42.4 Å². The molecule has 0 aromatic heterocycles. The fourth-order valence-electron chi connectivity index (χ4n) is 3.47. The van der Waals surface area contributed by atoms with Crippen LogP contribution in [0.3, 0.4) is 0 Å². The number of halogens is 1. The van der Waals surface area contributed by atoms with Crippen molar-refractivity contribution in [2.75, 3.05) is 20.1 Å². The summed E-state index contributed by atoms with van der Waals surface area (Å²) in [6, 6.07) is 21.5. The number of nitrogens with zero attached hydrogens (tertiary/aromatic N) is 2. The van der Waals surface area contributed by atoms with E-state index in [9.17, 15) is 5.26 Å². The van der Waals surface area contributed by atoms with Crippen LogP contribution in [-0.2, 0) is 11.8 Å². The summed E-state index contributed by atoms with van der Waals surface area (Å²) in [6.07, 6.45) is 2.98. The first-order chi connectivity index (χ1) is 12.5. The summed E-state index contributed by atoms with van der Waals surface area (Å²) in [6.45, 7) is 6.37. The second-order valence-electron chi connectivity index (χ2n) is 7.39. The molecule has 0 radical (unpaired) electrons. The van der Waals surface area contributed by atoms with Crippen LogP contribution in [0, 0.1) is 17.2 Å². The first-order valence-corrected chi connectivity index (χ1v) is 10.2. The SMILES string of the molecule is CC(C)C(C#N)(CCCN(C)CCc1ccccc1)c1ccc(Br)cc1. The van der Waals surface area contributed by atoms with Crippen LogP contribution in [0.25, 0.3) is 0 Å². The Hall–Kier alpha value is -1.63. The third-order valence-corrected chi connectivity index (χ3v) is 5.81. The van der Waals surface area contributed by atoms with E-state index in [1.54, 1.807) is 0 Å². The third-order valence-electron chi connectivity index (χ3n) is 5.28. The lowest BCUT2D eigenvalue weighted by molar-refractivity contribution is 0.294. The summed E-state index contributed by atoms with van der Waals surface area (Å²) >= 11 is 3.49. The van der Waals surface area contributed by atoms with Crippen LogP contribution < -0.4 is 0 Å². The van der Waals surface area contributed by atoms with E-state index < -0.39 is 5.41 Å². The molecule has 0 spiro atoms. The van der Waals surface area contributed by atoms with Crippen molar-refractivity contribution in [2.24, 2.45) is 5.92 Å². The number of hydrogen-bond donors (Lipinski definition) is 0. The van der Waals surface area contributed by atoms with Crippen molar-refractivity contribution in [1.82, 2.24) is 4.90 Å². The van der Waals surface area contributed by atoms with Gasteiger partial charge in [-0.3, -0.25) is 0 Å². The molecule has 0 saturated heterocycles. The van der Waals surface area contributed by atoms with Crippen molar-refractivity contribution in [3.05, 3.63) is 70.2 Å². The number of benzene rings is 2. The number of rotatable bonds is 9. The van der Waals surface area contributed by atoms with E-state index in [1.165, 1.54) is 5.56 Å². The predicted molar refractivity (Wildman–Crippen MR) is 113 cm³/mol. The second kappa shape index (κ2) is 9.90. The zero-order valence-corrected chi connectivity index (χ0v) is 17.7. The summed E-state index contributed by atoms with van der Waals surface area (Å²) in [5, 5.41) is 10.0. The molecule has 2 aromatic rings. The summed E-state index contributed by atoms with van der Waals surface area (Å²) in [4.78, 5) is 2.37. The summed E-state index contributed by atoms with van der Waals surface area (Å²) < 4.78 is 1.05. The average molecular weight is 413 g/mol. The van der Waals surface area contributed by atoms with Gasteiger partial charge in [-0.2, -0.15) is 5.26 Å². The highest BCUT2D eigenvalue weighted by atomic mass is 79.9. The van der Waals surface area contributed by atoms with Crippen LogP contribution in [0.15, 0.2) is 59.1 Å². The third kappa shape index (κ3) is 5.43. The molecule has 2 nitrogen and oxygen atoms in total. The predicted octanol–water partition coefficient (Wildman–Crippen LogP) is 5.82. The van der Waals surface area contributed by atoms with Crippen molar-refractivity contribution in [3.63, 3.8) is 0 Å². The lowest BCUT2D eigenvalue weighted by Crippen LogP contribution is -2.32. The molecule has 0 amide bonds. The second-order valence-corrected chi connectivity index (χ2v) is 8.30. The van der Waals surface area contributed by atoms with Crippen LogP contribution in [0.1, 0.15) is 37.8 Å². The first-order valence-electron chi connectivity index (χ1n) is 9.37. The van der Waals surface area contributed by atoms with Crippen molar-refractivity contribution in [2.45, 2.75) is 38.5 Å². The molecule has 138 valence electrons. The van der Waals surface area contributed by atoms with Crippen molar-refractivity contribution in [1.29, 1.82) is 5.26 Å². The topological polar surface area (TPSA) is 27.0 Å². The Bertz CT molecular complexity index is 703. The molecule has 1 atom stereocenters. The first kappa shape index (κ1) is 20.7. The minimum Gasteiger partial charge on any atom is -0.306 e. The molecule has 0 saturated carbocycles. The van der Waals surface area contributed by atoms with E-state index in [1.807, 2.05) is 12.1 Å². The molecule has 1 unspecified atom stereocenters. The van der Waals surface area contributed by atoms with Crippen LogP contribution >= 0.6 is 15.9 Å².